The van der Waals surface area contributed by atoms with Crippen molar-refractivity contribution in [3.05, 3.63) is 76.7 Å². The van der Waals surface area contributed by atoms with Crippen molar-refractivity contribution in [2.45, 2.75) is 59.7 Å². The molecule has 42 heavy (non-hydrogen) atoms. The molecule has 0 unspecified atom stereocenters. The molecule has 11 heteroatoms. The Labute approximate surface area is 252 Å². The number of halogens is 1. The van der Waals surface area contributed by atoms with E-state index >= 15 is 0 Å². The molecule has 1 aliphatic heterocycles. The molecule has 1 fully saturated rings. The zero-order valence-electron chi connectivity index (χ0n) is 24.2. The number of carbonyl (C=O) groups is 3. The van der Waals surface area contributed by atoms with Crippen molar-refractivity contribution in [2.75, 3.05) is 5.32 Å². The standard InChI is InChI=1S/C31H32BrN7O3/c1-7-25-17(3)10-26(31(42)37-30-16(2)8-9-27(32)36-30)39(25)28(41)15-38-14-23(19(5)40)22-11-24(35-18(4)29(22)38)21-12-33-20(6)34-13-21/h7-9,11-14,17,25-26H,1,10,15H2,2-6H3,(H,36,37,42)/t17-,25+,26-/m0/s1. The normalized spacial score (nSPS) is 18.3. The van der Waals surface area contributed by atoms with Crippen LogP contribution in [0.2, 0.25) is 0 Å². The summed E-state index contributed by atoms with van der Waals surface area (Å²) in [5.41, 5.74) is 4.00. The van der Waals surface area contributed by atoms with Gasteiger partial charge in [-0.3, -0.25) is 19.4 Å². The van der Waals surface area contributed by atoms with Gasteiger partial charge in [-0.25, -0.2) is 15.0 Å². The first-order chi connectivity index (χ1) is 20.0. The van der Waals surface area contributed by atoms with Gasteiger partial charge in [0.05, 0.1) is 22.9 Å². The first-order valence-electron chi connectivity index (χ1n) is 13.7. The zero-order valence-corrected chi connectivity index (χ0v) is 25.8. The highest BCUT2D eigenvalue weighted by Crippen LogP contribution is 2.33. The van der Waals surface area contributed by atoms with Gasteiger partial charge in [0, 0.05) is 35.1 Å². The molecule has 1 aliphatic rings. The van der Waals surface area contributed by atoms with Crippen LogP contribution in [0.15, 0.2) is 54.0 Å². The highest BCUT2D eigenvalue weighted by Gasteiger charge is 2.44. The molecule has 4 aromatic rings. The number of anilines is 1. The van der Waals surface area contributed by atoms with Crippen molar-refractivity contribution in [1.82, 2.24) is 29.4 Å². The molecule has 1 saturated heterocycles. The van der Waals surface area contributed by atoms with Gasteiger partial charge in [-0.15, -0.1) is 6.58 Å². The Morgan fingerprint density at radius 2 is 1.86 bits per heavy atom. The van der Waals surface area contributed by atoms with E-state index in [1.54, 1.807) is 40.2 Å². The first-order valence-corrected chi connectivity index (χ1v) is 14.5. The van der Waals surface area contributed by atoms with E-state index in [0.29, 0.717) is 50.5 Å². The van der Waals surface area contributed by atoms with Gasteiger partial charge >= 0.3 is 0 Å². The summed E-state index contributed by atoms with van der Waals surface area (Å²) < 4.78 is 2.35. The Morgan fingerprint density at radius 3 is 2.52 bits per heavy atom. The van der Waals surface area contributed by atoms with E-state index in [4.69, 9.17) is 4.98 Å². The molecule has 1 N–H and O–H groups in total. The Balaban J connectivity index is 1.50. The number of Topliss-reactive ketones (excluding diaryl/α,β-unsaturated/α-hetero) is 1. The minimum Gasteiger partial charge on any atom is -0.336 e. The van der Waals surface area contributed by atoms with Gasteiger partial charge in [-0.2, -0.15) is 0 Å². The molecule has 0 radical (unpaired) electrons. The Bertz CT molecular complexity index is 1730. The fraction of sp³-hybridized carbons (Fsp3) is 0.323. The van der Waals surface area contributed by atoms with Crippen LogP contribution in [0.5, 0.6) is 0 Å². The summed E-state index contributed by atoms with van der Waals surface area (Å²) >= 11 is 3.35. The number of hydrogen-bond acceptors (Lipinski definition) is 7. The number of hydrogen-bond donors (Lipinski definition) is 1. The lowest BCUT2D eigenvalue weighted by atomic mass is 10.0. The topological polar surface area (TPSA) is 123 Å². The SMILES string of the molecule is C=C[C@@H]1[C@@H](C)C[C@@H](C(=O)Nc2nc(Br)ccc2C)N1C(=O)Cn1cc(C(C)=O)c2cc(-c3cnc(C)nc3)nc(C)c21. The van der Waals surface area contributed by atoms with E-state index in [2.05, 4.69) is 42.8 Å². The predicted octanol–water partition coefficient (Wildman–Crippen LogP) is 5.21. The molecular formula is C31H32BrN7O3. The van der Waals surface area contributed by atoms with Crippen molar-refractivity contribution in [3.63, 3.8) is 0 Å². The molecule has 10 nitrogen and oxygen atoms in total. The molecular weight excluding hydrogens is 598 g/mol. The zero-order chi connectivity index (χ0) is 30.3. The van der Waals surface area contributed by atoms with E-state index in [9.17, 15) is 14.4 Å². The molecule has 2 amide bonds. The number of rotatable bonds is 7. The molecule has 0 aromatic carbocycles. The molecule has 0 saturated carbocycles. The Morgan fingerprint density at radius 1 is 1.14 bits per heavy atom. The lowest BCUT2D eigenvalue weighted by molar-refractivity contribution is -0.138. The number of aryl methyl sites for hydroxylation is 3. The van der Waals surface area contributed by atoms with Gasteiger partial charge < -0.3 is 14.8 Å². The highest BCUT2D eigenvalue weighted by atomic mass is 79.9. The van der Waals surface area contributed by atoms with Crippen LogP contribution in [-0.4, -0.2) is 59.1 Å². The molecule has 0 bridgehead atoms. The largest absolute Gasteiger partial charge is 0.336 e. The number of nitrogens with zero attached hydrogens (tertiary/aromatic N) is 6. The Kier molecular flexibility index (Phi) is 8.05. The predicted molar refractivity (Wildman–Crippen MR) is 164 cm³/mol. The number of nitrogens with one attached hydrogen (secondary N) is 1. The van der Waals surface area contributed by atoms with Crippen molar-refractivity contribution >= 4 is 50.2 Å². The van der Waals surface area contributed by atoms with Gasteiger partial charge in [0.2, 0.25) is 11.8 Å². The van der Waals surface area contributed by atoms with E-state index in [1.807, 2.05) is 39.8 Å². The molecule has 3 atom stereocenters. The summed E-state index contributed by atoms with van der Waals surface area (Å²) in [6.45, 7) is 12.9. The Hall–Kier alpha value is -4.25. The van der Waals surface area contributed by atoms with E-state index in [-0.39, 0.29) is 36.1 Å². The fourth-order valence-electron chi connectivity index (χ4n) is 5.67. The minimum atomic E-state index is -0.711. The summed E-state index contributed by atoms with van der Waals surface area (Å²) in [7, 11) is 0. The van der Waals surface area contributed by atoms with Crippen LogP contribution in [-0.2, 0) is 16.1 Å². The summed E-state index contributed by atoms with van der Waals surface area (Å²) in [5.74, 6) is 0.417. The lowest BCUT2D eigenvalue weighted by Gasteiger charge is -2.29. The second-order valence-corrected chi connectivity index (χ2v) is 11.6. The third-order valence-corrected chi connectivity index (χ3v) is 8.20. The quantitative estimate of drug-likeness (QED) is 0.169. The van der Waals surface area contributed by atoms with Crippen molar-refractivity contribution in [1.29, 1.82) is 0 Å². The van der Waals surface area contributed by atoms with Crippen LogP contribution < -0.4 is 5.32 Å². The maximum atomic E-state index is 14.0. The van der Waals surface area contributed by atoms with Crippen LogP contribution in [0, 0.1) is 26.7 Å². The molecule has 216 valence electrons. The number of fused-ring (bicyclic) bond motifs is 1. The van der Waals surface area contributed by atoms with Crippen LogP contribution in [0.1, 0.15) is 47.7 Å². The molecule has 4 aromatic heterocycles. The van der Waals surface area contributed by atoms with Crippen molar-refractivity contribution in [2.24, 2.45) is 5.92 Å². The highest BCUT2D eigenvalue weighted by molar-refractivity contribution is 9.10. The minimum absolute atomic E-state index is 0.0237. The second kappa shape index (κ2) is 11.6. The molecule has 5 rings (SSSR count). The third-order valence-electron chi connectivity index (χ3n) is 7.76. The maximum Gasteiger partial charge on any atom is 0.248 e. The smallest absolute Gasteiger partial charge is 0.248 e. The van der Waals surface area contributed by atoms with Gasteiger partial charge in [-0.05, 0) is 73.7 Å². The average Bonchev–Trinajstić information content (AvgIpc) is 3.48. The summed E-state index contributed by atoms with van der Waals surface area (Å²) in [5, 5.41) is 3.60. The number of carbonyl (C=O) groups excluding carboxylic acids is 3. The molecule has 0 spiro atoms. The first kappa shape index (κ1) is 29.2. The monoisotopic (exact) mass is 629 g/mol. The number of likely N-dealkylation sites (tertiary alicyclic amines) is 1. The third kappa shape index (κ3) is 5.48. The lowest BCUT2D eigenvalue weighted by Crippen LogP contribution is -2.48. The summed E-state index contributed by atoms with van der Waals surface area (Å²) in [4.78, 5) is 59.5. The number of aromatic nitrogens is 5. The number of pyridine rings is 2. The second-order valence-electron chi connectivity index (χ2n) is 10.8. The molecule has 0 aliphatic carbocycles. The summed E-state index contributed by atoms with van der Waals surface area (Å²) in [6.07, 6.45) is 7.29. The number of amides is 2. The van der Waals surface area contributed by atoms with Crippen LogP contribution in [0.4, 0.5) is 5.82 Å². The average molecular weight is 631 g/mol. The van der Waals surface area contributed by atoms with Gasteiger partial charge in [0.1, 0.15) is 28.8 Å². The van der Waals surface area contributed by atoms with Crippen molar-refractivity contribution in [3.8, 4) is 11.3 Å². The maximum absolute atomic E-state index is 14.0. The van der Waals surface area contributed by atoms with Crippen molar-refractivity contribution < 1.29 is 14.4 Å². The van der Waals surface area contributed by atoms with Gasteiger partial charge in [-0.1, -0.05) is 19.1 Å². The van der Waals surface area contributed by atoms with E-state index in [1.165, 1.54) is 6.92 Å². The van der Waals surface area contributed by atoms with Gasteiger partial charge in [0.15, 0.2) is 5.78 Å². The summed E-state index contributed by atoms with van der Waals surface area (Å²) in [6, 6.07) is 4.46. The van der Waals surface area contributed by atoms with Gasteiger partial charge in [0.25, 0.3) is 0 Å². The number of ketones is 1. The fourth-order valence-corrected chi connectivity index (χ4v) is 5.98. The molecule has 5 heterocycles. The van der Waals surface area contributed by atoms with Crippen LogP contribution in [0.3, 0.4) is 0 Å². The van der Waals surface area contributed by atoms with E-state index in [0.717, 1.165) is 11.1 Å². The van der Waals surface area contributed by atoms with E-state index < -0.39 is 6.04 Å². The van der Waals surface area contributed by atoms with Crippen LogP contribution >= 0.6 is 15.9 Å². The van der Waals surface area contributed by atoms with Crippen LogP contribution in [0.25, 0.3) is 22.2 Å².